The number of carbonyl (C=O) groups excluding carboxylic acids is 1. The van der Waals surface area contributed by atoms with E-state index in [-0.39, 0.29) is 5.97 Å². The lowest BCUT2D eigenvalue weighted by Crippen LogP contribution is -2.05. The molecule has 3 heteroatoms. The minimum atomic E-state index is -0.149. The SMILES string of the molecule is CCOC(=O)CCc1ccc(N)cc1. The van der Waals surface area contributed by atoms with Gasteiger partial charge in [-0.3, -0.25) is 4.79 Å². The van der Waals surface area contributed by atoms with Crippen molar-refractivity contribution in [1.82, 2.24) is 0 Å². The Balaban J connectivity index is 2.38. The van der Waals surface area contributed by atoms with E-state index in [2.05, 4.69) is 0 Å². The Morgan fingerprint density at radius 3 is 2.57 bits per heavy atom. The van der Waals surface area contributed by atoms with Gasteiger partial charge in [0.15, 0.2) is 0 Å². The number of hydrogen-bond donors (Lipinski definition) is 1. The van der Waals surface area contributed by atoms with Crippen LogP contribution in [0.5, 0.6) is 0 Å². The smallest absolute Gasteiger partial charge is 0.306 e. The summed E-state index contributed by atoms with van der Waals surface area (Å²) < 4.78 is 4.82. The van der Waals surface area contributed by atoms with E-state index in [4.69, 9.17) is 10.5 Å². The molecule has 0 unspecified atom stereocenters. The Hall–Kier alpha value is -1.51. The van der Waals surface area contributed by atoms with Crippen LogP contribution in [0.1, 0.15) is 18.9 Å². The van der Waals surface area contributed by atoms with Crippen LogP contribution in [0.3, 0.4) is 0 Å². The molecular weight excluding hydrogens is 178 g/mol. The van der Waals surface area contributed by atoms with Crippen LogP contribution in [0.25, 0.3) is 0 Å². The maximum atomic E-state index is 11.0. The Kier molecular flexibility index (Phi) is 3.98. The normalized spacial score (nSPS) is 9.79. The molecule has 3 nitrogen and oxygen atoms in total. The topological polar surface area (TPSA) is 52.3 Å². The second-order valence-corrected chi connectivity index (χ2v) is 3.05. The third-order valence-electron chi connectivity index (χ3n) is 1.90. The van der Waals surface area contributed by atoms with Gasteiger partial charge >= 0.3 is 5.97 Å². The molecule has 0 atom stereocenters. The minimum absolute atomic E-state index is 0.149. The average Bonchev–Trinajstić information content (AvgIpc) is 2.17. The van der Waals surface area contributed by atoms with Crippen LogP contribution >= 0.6 is 0 Å². The lowest BCUT2D eigenvalue weighted by Gasteiger charge is -2.02. The molecule has 0 fully saturated rings. The Bertz CT molecular complexity index is 293. The lowest BCUT2D eigenvalue weighted by molar-refractivity contribution is -0.143. The van der Waals surface area contributed by atoms with E-state index >= 15 is 0 Å². The number of aryl methyl sites for hydroxylation is 1. The van der Waals surface area contributed by atoms with E-state index in [0.29, 0.717) is 19.4 Å². The average molecular weight is 193 g/mol. The number of esters is 1. The van der Waals surface area contributed by atoms with E-state index in [9.17, 15) is 4.79 Å². The molecule has 0 saturated carbocycles. The Labute approximate surface area is 83.9 Å². The van der Waals surface area contributed by atoms with Crippen molar-refractivity contribution in [3.05, 3.63) is 29.8 Å². The van der Waals surface area contributed by atoms with Gasteiger partial charge in [-0.15, -0.1) is 0 Å². The number of nitrogens with two attached hydrogens (primary N) is 1. The molecule has 0 aromatic heterocycles. The zero-order valence-corrected chi connectivity index (χ0v) is 8.32. The van der Waals surface area contributed by atoms with Crippen molar-refractivity contribution in [2.45, 2.75) is 19.8 Å². The largest absolute Gasteiger partial charge is 0.466 e. The van der Waals surface area contributed by atoms with Gasteiger partial charge in [0.1, 0.15) is 0 Å². The van der Waals surface area contributed by atoms with Crippen LogP contribution in [0, 0.1) is 0 Å². The molecule has 0 bridgehead atoms. The predicted molar refractivity (Wildman–Crippen MR) is 55.8 cm³/mol. The first kappa shape index (κ1) is 10.6. The molecule has 1 aromatic carbocycles. The third kappa shape index (κ3) is 3.47. The van der Waals surface area contributed by atoms with Crippen molar-refractivity contribution in [3.63, 3.8) is 0 Å². The number of benzene rings is 1. The summed E-state index contributed by atoms with van der Waals surface area (Å²) in [7, 11) is 0. The van der Waals surface area contributed by atoms with E-state index in [1.165, 1.54) is 0 Å². The van der Waals surface area contributed by atoms with Gasteiger partial charge in [0, 0.05) is 12.1 Å². The highest BCUT2D eigenvalue weighted by Crippen LogP contribution is 2.07. The van der Waals surface area contributed by atoms with Gasteiger partial charge in [-0.25, -0.2) is 0 Å². The van der Waals surface area contributed by atoms with Crippen LogP contribution < -0.4 is 5.73 Å². The summed E-state index contributed by atoms with van der Waals surface area (Å²) in [4.78, 5) is 11.0. The summed E-state index contributed by atoms with van der Waals surface area (Å²) in [5, 5.41) is 0. The molecule has 0 saturated heterocycles. The van der Waals surface area contributed by atoms with E-state index < -0.39 is 0 Å². The highest BCUT2D eigenvalue weighted by atomic mass is 16.5. The standard InChI is InChI=1S/C11H15NO2/c1-2-14-11(13)8-5-9-3-6-10(12)7-4-9/h3-4,6-7H,2,5,8,12H2,1H3. The summed E-state index contributed by atoms with van der Waals surface area (Å²) in [6, 6.07) is 7.52. The van der Waals surface area contributed by atoms with Gasteiger partial charge in [0.2, 0.25) is 0 Å². The van der Waals surface area contributed by atoms with Crippen molar-refractivity contribution >= 4 is 11.7 Å². The highest BCUT2D eigenvalue weighted by Gasteiger charge is 2.01. The fourth-order valence-electron chi connectivity index (χ4n) is 1.16. The molecule has 0 spiro atoms. The summed E-state index contributed by atoms with van der Waals surface area (Å²) in [5.41, 5.74) is 7.38. The quantitative estimate of drug-likeness (QED) is 0.585. The molecule has 0 aliphatic heterocycles. The summed E-state index contributed by atoms with van der Waals surface area (Å²) in [6.07, 6.45) is 1.14. The third-order valence-corrected chi connectivity index (χ3v) is 1.90. The van der Waals surface area contributed by atoms with Crippen LogP contribution in [0.4, 0.5) is 5.69 Å². The lowest BCUT2D eigenvalue weighted by atomic mass is 10.1. The van der Waals surface area contributed by atoms with Gasteiger partial charge in [-0.1, -0.05) is 12.1 Å². The maximum Gasteiger partial charge on any atom is 0.306 e. The van der Waals surface area contributed by atoms with Crippen molar-refractivity contribution in [3.8, 4) is 0 Å². The van der Waals surface area contributed by atoms with Crippen molar-refractivity contribution < 1.29 is 9.53 Å². The first-order valence-electron chi connectivity index (χ1n) is 4.72. The van der Waals surface area contributed by atoms with Crippen LogP contribution in [0.15, 0.2) is 24.3 Å². The predicted octanol–water partition coefficient (Wildman–Crippen LogP) is 1.76. The second kappa shape index (κ2) is 5.27. The zero-order chi connectivity index (χ0) is 10.4. The Morgan fingerprint density at radius 1 is 1.36 bits per heavy atom. The molecule has 0 aliphatic rings. The fraction of sp³-hybridized carbons (Fsp3) is 0.364. The summed E-state index contributed by atoms with van der Waals surface area (Å²) in [5.74, 6) is -0.149. The van der Waals surface area contributed by atoms with Gasteiger partial charge in [-0.05, 0) is 31.0 Å². The Morgan fingerprint density at radius 2 is 2.00 bits per heavy atom. The fourth-order valence-corrected chi connectivity index (χ4v) is 1.16. The molecule has 2 N–H and O–H groups in total. The molecular formula is C11H15NO2. The number of hydrogen-bond acceptors (Lipinski definition) is 3. The van der Waals surface area contributed by atoms with Crippen LogP contribution in [-0.4, -0.2) is 12.6 Å². The van der Waals surface area contributed by atoms with Gasteiger partial charge < -0.3 is 10.5 Å². The van der Waals surface area contributed by atoms with Gasteiger partial charge in [0.05, 0.1) is 6.61 Å². The molecule has 14 heavy (non-hydrogen) atoms. The number of nitrogen functional groups attached to an aromatic ring is 1. The number of carbonyl (C=O) groups is 1. The maximum absolute atomic E-state index is 11.0. The van der Waals surface area contributed by atoms with E-state index in [0.717, 1.165) is 11.3 Å². The molecule has 76 valence electrons. The first-order chi connectivity index (χ1) is 6.72. The molecule has 1 rings (SSSR count). The molecule has 0 radical (unpaired) electrons. The number of rotatable bonds is 4. The van der Waals surface area contributed by atoms with E-state index in [1.807, 2.05) is 24.3 Å². The van der Waals surface area contributed by atoms with Gasteiger partial charge in [0.25, 0.3) is 0 Å². The summed E-state index contributed by atoms with van der Waals surface area (Å²) >= 11 is 0. The summed E-state index contributed by atoms with van der Waals surface area (Å²) in [6.45, 7) is 2.25. The number of ether oxygens (including phenoxy) is 1. The zero-order valence-electron chi connectivity index (χ0n) is 8.32. The second-order valence-electron chi connectivity index (χ2n) is 3.05. The van der Waals surface area contributed by atoms with Crippen molar-refractivity contribution in [2.75, 3.05) is 12.3 Å². The molecule has 1 aromatic rings. The number of anilines is 1. The van der Waals surface area contributed by atoms with Gasteiger partial charge in [-0.2, -0.15) is 0 Å². The van der Waals surface area contributed by atoms with Crippen LogP contribution in [0.2, 0.25) is 0 Å². The van der Waals surface area contributed by atoms with Crippen molar-refractivity contribution in [2.24, 2.45) is 0 Å². The molecule has 0 aliphatic carbocycles. The molecule has 0 heterocycles. The van der Waals surface area contributed by atoms with E-state index in [1.54, 1.807) is 6.92 Å². The van der Waals surface area contributed by atoms with Crippen LogP contribution in [-0.2, 0) is 16.0 Å². The minimum Gasteiger partial charge on any atom is -0.466 e. The first-order valence-corrected chi connectivity index (χ1v) is 4.72. The highest BCUT2D eigenvalue weighted by molar-refractivity contribution is 5.69. The monoisotopic (exact) mass is 193 g/mol. The van der Waals surface area contributed by atoms with Crippen molar-refractivity contribution in [1.29, 1.82) is 0 Å². The molecule has 0 amide bonds.